The summed E-state index contributed by atoms with van der Waals surface area (Å²) in [6.45, 7) is 4.53. The highest BCUT2D eigenvalue weighted by Crippen LogP contribution is 2.32. The molecule has 1 fully saturated rings. The van der Waals surface area contributed by atoms with E-state index >= 15 is 0 Å². The van der Waals surface area contributed by atoms with Gasteiger partial charge in [-0.2, -0.15) is 0 Å². The van der Waals surface area contributed by atoms with E-state index < -0.39 is 11.6 Å². The first-order valence-electron chi connectivity index (χ1n) is 7.82. The molecule has 1 aliphatic heterocycles. The monoisotopic (exact) mass is 347 g/mol. The third-order valence-electron chi connectivity index (χ3n) is 4.31. The van der Waals surface area contributed by atoms with E-state index in [1.807, 2.05) is 13.8 Å². The normalized spacial score (nSPS) is 20.0. The Morgan fingerprint density at radius 3 is 2.54 bits per heavy atom. The molecule has 3 rings (SSSR count). The summed E-state index contributed by atoms with van der Waals surface area (Å²) in [5, 5.41) is 0.581. The lowest BCUT2D eigenvalue weighted by Gasteiger charge is -2.45. The average Bonchev–Trinajstić information content (AvgIpc) is 2.55. The molecule has 126 valence electrons. The second kappa shape index (κ2) is 6.54. The van der Waals surface area contributed by atoms with Crippen molar-refractivity contribution in [3.63, 3.8) is 0 Å². The molecule has 1 unspecified atom stereocenters. The van der Waals surface area contributed by atoms with Crippen LogP contribution in [0.15, 0.2) is 48.5 Å². The van der Waals surface area contributed by atoms with Gasteiger partial charge in [0.2, 0.25) is 0 Å². The third kappa shape index (κ3) is 3.30. The van der Waals surface area contributed by atoms with E-state index in [9.17, 15) is 9.18 Å². The maximum Gasteiger partial charge on any atom is 0.254 e. The molecule has 1 atom stereocenters. The van der Waals surface area contributed by atoms with Gasteiger partial charge in [-0.15, -0.1) is 0 Å². The fraction of sp³-hybridized carbons (Fsp3) is 0.316. The van der Waals surface area contributed by atoms with Crippen LogP contribution < -0.4 is 0 Å². The Labute approximate surface area is 146 Å². The Hall–Kier alpha value is -1.91. The van der Waals surface area contributed by atoms with Gasteiger partial charge >= 0.3 is 0 Å². The van der Waals surface area contributed by atoms with Crippen LogP contribution in [0.5, 0.6) is 0 Å². The minimum absolute atomic E-state index is 0.110. The topological polar surface area (TPSA) is 29.5 Å². The van der Waals surface area contributed by atoms with Gasteiger partial charge in [-0.25, -0.2) is 4.39 Å². The minimum Gasteiger partial charge on any atom is -0.369 e. The lowest BCUT2D eigenvalue weighted by Crippen LogP contribution is -2.56. The zero-order valence-corrected chi connectivity index (χ0v) is 14.4. The molecule has 1 saturated heterocycles. The van der Waals surface area contributed by atoms with Crippen LogP contribution in [0.1, 0.15) is 35.9 Å². The number of benzene rings is 2. The Balaban J connectivity index is 1.88. The molecule has 1 amide bonds. The van der Waals surface area contributed by atoms with Crippen LogP contribution in [0.3, 0.4) is 0 Å². The maximum absolute atomic E-state index is 14.1. The Bertz CT molecular complexity index is 745. The van der Waals surface area contributed by atoms with Gasteiger partial charge in [0, 0.05) is 16.1 Å². The summed E-state index contributed by atoms with van der Waals surface area (Å²) < 4.78 is 19.9. The number of carbonyl (C=O) groups is 1. The van der Waals surface area contributed by atoms with Crippen LogP contribution in [-0.4, -0.2) is 29.5 Å². The fourth-order valence-electron chi connectivity index (χ4n) is 2.88. The van der Waals surface area contributed by atoms with Crippen molar-refractivity contribution in [1.82, 2.24) is 4.90 Å². The molecule has 5 heteroatoms. The largest absolute Gasteiger partial charge is 0.369 e. The molecule has 0 saturated carbocycles. The minimum atomic E-state index is -0.476. The van der Waals surface area contributed by atoms with Crippen LogP contribution in [0.2, 0.25) is 5.02 Å². The van der Waals surface area contributed by atoms with Gasteiger partial charge in [-0.3, -0.25) is 4.79 Å². The van der Waals surface area contributed by atoms with Gasteiger partial charge in [0.25, 0.3) is 5.91 Å². The first-order chi connectivity index (χ1) is 11.4. The van der Waals surface area contributed by atoms with E-state index in [-0.39, 0.29) is 11.7 Å². The Kier molecular flexibility index (Phi) is 4.61. The summed E-state index contributed by atoms with van der Waals surface area (Å²) in [5.41, 5.74) is 0.557. The Morgan fingerprint density at radius 1 is 1.21 bits per heavy atom. The van der Waals surface area contributed by atoms with Gasteiger partial charge in [0.1, 0.15) is 11.9 Å². The highest BCUT2D eigenvalue weighted by atomic mass is 35.5. The van der Waals surface area contributed by atoms with Crippen molar-refractivity contribution in [1.29, 1.82) is 0 Å². The smallest absolute Gasteiger partial charge is 0.254 e. The van der Waals surface area contributed by atoms with E-state index in [1.54, 1.807) is 47.4 Å². The highest BCUT2D eigenvalue weighted by molar-refractivity contribution is 6.30. The molecule has 0 N–H and O–H groups in total. The molecule has 2 aromatic rings. The van der Waals surface area contributed by atoms with Crippen molar-refractivity contribution in [3.8, 4) is 0 Å². The molecule has 2 aromatic carbocycles. The van der Waals surface area contributed by atoms with Crippen LogP contribution in [0.4, 0.5) is 4.39 Å². The number of halogens is 2. The number of hydrogen-bond acceptors (Lipinski definition) is 2. The number of hydrogen-bond donors (Lipinski definition) is 0. The average molecular weight is 348 g/mol. The van der Waals surface area contributed by atoms with E-state index in [4.69, 9.17) is 16.3 Å². The number of carbonyl (C=O) groups excluding carboxylic acids is 1. The molecule has 0 bridgehead atoms. The van der Waals surface area contributed by atoms with Crippen LogP contribution in [-0.2, 0) is 4.74 Å². The van der Waals surface area contributed by atoms with Gasteiger partial charge < -0.3 is 9.64 Å². The van der Waals surface area contributed by atoms with Crippen molar-refractivity contribution >= 4 is 17.5 Å². The standard InChI is InChI=1S/C19H19ClFNO2/c1-19(2)12-24-17(15-5-3-4-6-16(15)21)11-22(19)18(23)13-7-9-14(20)10-8-13/h3-10,17H,11-12H2,1-2H3. The lowest BCUT2D eigenvalue weighted by molar-refractivity contribution is -0.0857. The summed E-state index contributed by atoms with van der Waals surface area (Å²) >= 11 is 5.89. The van der Waals surface area contributed by atoms with Crippen molar-refractivity contribution in [3.05, 3.63) is 70.5 Å². The van der Waals surface area contributed by atoms with E-state index in [0.29, 0.717) is 29.3 Å². The van der Waals surface area contributed by atoms with Gasteiger partial charge in [-0.05, 0) is 44.2 Å². The maximum atomic E-state index is 14.1. The second-order valence-electron chi connectivity index (χ2n) is 6.56. The van der Waals surface area contributed by atoms with Crippen molar-refractivity contribution in [2.45, 2.75) is 25.5 Å². The zero-order chi connectivity index (χ0) is 17.3. The molecular formula is C19H19ClFNO2. The zero-order valence-electron chi connectivity index (χ0n) is 13.6. The molecular weight excluding hydrogens is 329 g/mol. The van der Waals surface area contributed by atoms with Gasteiger partial charge in [0.15, 0.2) is 0 Å². The van der Waals surface area contributed by atoms with Crippen LogP contribution in [0, 0.1) is 5.82 Å². The first-order valence-corrected chi connectivity index (χ1v) is 8.20. The molecule has 0 aromatic heterocycles. The van der Waals surface area contributed by atoms with Crippen molar-refractivity contribution in [2.24, 2.45) is 0 Å². The lowest BCUT2D eigenvalue weighted by atomic mass is 9.96. The Morgan fingerprint density at radius 2 is 1.88 bits per heavy atom. The predicted molar refractivity (Wildman–Crippen MR) is 91.7 cm³/mol. The molecule has 1 heterocycles. The number of nitrogens with zero attached hydrogens (tertiary/aromatic N) is 1. The summed E-state index contributed by atoms with van der Waals surface area (Å²) in [5.74, 6) is -0.428. The summed E-state index contributed by atoms with van der Waals surface area (Å²) in [6.07, 6.45) is -0.476. The molecule has 1 aliphatic rings. The number of ether oxygens (including phenoxy) is 1. The molecule has 3 nitrogen and oxygen atoms in total. The fourth-order valence-corrected chi connectivity index (χ4v) is 3.00. The van der Waals surface area contributed by atoms with E-state index in [0.717, 1.165) is 0 Å². The van der Waals surface area contributed by atoms with Crippen molar-refractivity contribution < 1.29 is 13.9 Å². The number of morpholine rings is 1. The first kappa shape index (κ1) is 16.9. The van der Waals surface area contributed by atoms with Crippen molar-refractivity contribution in [2.75, 3.05) is 13.2 Å². The van der Waals surface area contributed by atoms with Crippen LogP contribution in [0.25, 0.3) is 0 Å². The molecule has 0 radical (unpaired) electrons. The number of amides is 1. The molecule has 0 spiro atoms. The van der Waals surface area contributed by atoms with E-state index in [2.05, 4.69) is 0 Å². The SMILES string of the molecule is CC1(C)COC(c2ccccc2F)CN1C(=O)c1ccc(Cl)cc1. The predicted octanol–water partition coefficient (Wildman–Crippen LogP) is 4.47. The summed E-state index contributed by atoms with van der Waals surface area (Å²) in [4.78, 5) is 14.7. The highest BCUT2D eigenvalue weighted by Gasteiger charge is 2.39. The third-order valence-corrected chi connectivity index (χ3v) is 4.56. The van der Waals surface area contributed by atoms with Crippen LogP contribution >= 0.6 is 11.6 Å². The second-order valence-corrected chi connectivity index (χ2v) is 6.99. The quantitative estimate of drug-likeness (QED) is 0.802. The van der Waals surface area contributed by atoms with Gasteiger partial charge in [0.05, 0.1) is 18.7 Å². The molecule has 24 heavy (non-hydrogen) atoms. The van der Waals surface area contributed by atoms with Gasteiger partial charge in [-0.1, -0.05) is 29.8 Å². The summed E-state index contributed by atoms with van der Waals surface area (Å²) in [7, 11) is 0. The van der Waals surface area contributed by atoms with E-state index in [1.165, 1.54) is 6.07 Å². The number of rotatable bonds is 2. The summed E-state index contributed by atoms with van der Waals surface area (Å²) in [6, 6.07) is 13.3. The molecule has 0 aliphatic carbocycles.